The molecule has 0 radical (unpaired) electrons. The maximum Gasteiger partial charge on any atom is 0.269 e. The monoisotopic (exact) mass is 547 g/mol. The summed E-state index contributed by atoms with van der Waals surface area (Å²) in [5.74, 6) is 1.98. The molecule has 3 rings (SSSR count). The number of nitrogens with one attached hydrogen (secondary N) is 1. The second-order valence-electron chi connectivity index (χ2n) is 6.65. The molecule has 166 valence electrons. The number of rotatable bonds is 10. The second kappa shape index (κ2) is 11.3. The number of hydrogen-bond acceptors (Lipinski definition) is 7. The summed E-state index contributed by atoms with van der Waals surface area (Å²) in [5, 5.41) is 15.1. The van der Waals surface area contributed by atoms with Crippen molar-refractivity contribution in [3.8, 4) is 17.2 Å². The minimum Gasteiger partial charge on any atom is -0.496 e. The van der Waals surface area contributed by atoms with Crippen LogP contribution in [0.3, 0.4) is 0 Å². The van der Waals surface area contributed by atoms with E-state index in [0.29, 0.717) is 18.0 Å². The third kappa shape index (κ3) is 6.10. The lowest BCUT2D eigenvalue weighted by Crippen LogP contribution is -2.07. The molecule has 0 aliphatic heterocycles. The first-order valence-corrected chi connectivity index (χ1v) is 10.7. The highest BCUT2D eigenvalue weighted by Crippen LogP contribution is 2.34. The molecule has 8 nitrogen and oxygen atoms in total. The number of benzene rings is 3. The topological polar surface area (TPSA) is 95.2 Å². The molecule has 0 aliphatic carbocycles. The minimum atomic E-state index is -0.428. The van der Waals surface area contributed by atoms with Crippen LogP contribution in [0, 0.1) is 13.7 Å². The summed E-state index contributed by atoms with van der Waals surface area (Å²) in [6, 6.07) is 17.8. The SMILES string of the molecule is COc1ccccc1CN/N=C/c1cc(I)c(OCc2ccc([N+](=O)[O-])cc2)c(OC)c1. The van der Waals surface area contributed by atoms with Crippen molar-refractivity contribution < 1.29 is 19.1 Å². The molecule has 3 aromatic rings. The zero-order valence-electron chi connectivity index (χ0n) is 17.6. The molecule has 0 atom stereocenters. The van der Waals surface area contributed by atoms with E-state index >= 15 is 0 Å². The van der Waals surface area contributed by atoms with E-state index in [4.69, 9.17) is 14.2 Å². The molecule has 0 unspecified atom stereocenters. The van der Waals surface area contributed by atoms with Gasteiger partial charge in [0.15, 0.2) is 11.5 Å². The third-order valence-corrected chi connectivity index (χ3v) is 5.35. The largest absolute Gasteiger partial charge is 0.496 e. The van der Waals surface area contributed by atoms with Crippen LogP contribution in [0.25, 0.3) is 0 Å². The van der Waals surface area contributed by atoms with Crippen molar-refractivity contribution in [2.75, 3.05) is 14.2 Å². The van der Waals surface area contributed by atoms with Gasteiger partial charge in [-0.3, -0.25) is 10.1 Å². The predicted octanol–water partition coefficient (Wildman–Crippen LogP) is 4.92. The molecule has 0 saturated heterocycles. The lowest BCUT2D eigenvalue weighted by molar-refractivity contribution is -0.384. The molecule has 3 aromatic carbocycles. The number of para-hydroxylation sites is 1. The van der Waals surface area contributed by atoms with Gasteiger partial charge in [-0.2, -0.15) is 5.10 Å². The minimum absolute atomic E-state index is 0.0452. The van der Waals surface area contributed by atoms with Crippen molar-refractivity contribution in [2.45, 2.75) is 13.2 Å². The first kappa shape index (κ1) is 23.3. The van der Waals surface area contributed by atoms with Gasteiger partial charge in [-0.25, -0.2) is 0 Å². The van der Waals surface area contributed by atoms with E-state index in [1.807, 2.05) is 36.4 Å². The lowest BCUT2D eigenvalue weighted by Gasteiger charge is -2.13. The number of halogens is 1. The molecular weight excluding hydrogens is 525 g/mol. The van der Waals surface area contributed by atoms with Crippen molar-refractivity contribution in [3.05, 3.63) is 91.0 Å². The summed E-state index contributed by atoms with van der Waals surface area (Å²) in [6.45, 7) is 0.795. The second-order valence-corrected chi connectivity index (χ2v) is 7.81. The van der Waals surface area contributed by atoms with Gasteiger partial charge in [-0.05, 0) is 64.0 Å². The molecule has 32 heavy (non-hydrogen) atoms. The van der Waals surface area contributed by atoms with Crippen LogP contribution in [0.2, 0.25) is 0 Å². The van der Waals surface area contributed by atoms with Crippen molar-refractivity contribution in [1.82, 2.24) is 5.43 Å². The molecule has 0 saturated carbocycles. The van der Waals surface area contributed by atoms with Crippen LogP contribution in [-0.2, 0) is 13.2 Å². The Labute approximate surface area is 199 Å². The summed E-state index contributed by atoms with van der Waals surface area (Å²) < 4.78 is 17.6. The van der Waals surface area contributed by atoms with Gasteiger partial charge in [0, 0.05) is 17.7 Å². The van der Waals surface area contributed by atoms with Crippen LogP contribution < -0.4 is 19.6 Å². The van der Waals surface area contributed by atoms with E-state index in [2.05, 4.69) is 33.1 Å². The highest BCUT2D eigenvalue weighted by atomic mass is 127. The van der Waals surface area contributed by atoms with E-state index < -0.39 is 4.92 Å². The van der Waals surface area contributed by atoms with Gasteiger partial charge >= 0.3 is 0 Å². The van der Waals surface area contributed by atoms with Crippen LogP contribution in [0.5, 0.6) is 17.2 Å². The zero-order valence-corrected chi connectivity index (χ0v) is 19.7. The number of hydrogen-bond donors (Lipinski definition) is 1. The number of nitro groups is 1. The summed E-state index contributed by atoms with van der Waals surface area (Å²) in [6.07, 6.45) is 1.71. The fourth-order valence-electron chi connectivity index (χ4n) is 2.92. The van der Waals surface area contributed by atoms with E-state index in [1.165, 1.54) is 12.1 Å². The molecule has 0 heterocycles. The average molecular weight is 547 g/mol. The van der Waals surface area contributed by atoms with Gasteiger partial charge in [0.2, 0.25) is 0 Å². The summed E-state index contributed by atoms with van der Waals surface area (Å²) in [4.78, 5) is 10.4. The summed E-state index contributed by atoms with van der Waals surface area (Å²) in [5.41, 5.74) is 5.74. The molecule has 0 aliphatic rings. The van der Waals surface area contributed by atoms with E-state index in [-0.39, 0.29) is 12.3 Å². The van der Waals surface area contributed by atoms with Gasteiger partial charge < -0.3 is 19.6 Å². The fraction of sp³-hybridized carbons (Fsp3) is 0.174. The number of non-ortho nitro benzene ring substituents is 1. The quantitative estimate of drug-likeness (QED) is 0.168. The Morgan fingerprint density at radius 3 is 2.47 bits per heavy atom. The molecule has 0 spiro atoms. The van der Waals surface area contributed by atoms with Crippen LogP contribution in [-0.4, -0.2) is 25.4 Å². The predicted molar refractivity (Wildman–Crippen MR) is 131 cm³/mol. The Balaban J connectivity index is 1.65. The van der Waals surface area contributed by atoms with Gasteiger partial charge in [-0.15, -0.1) is 0 Å². The Hall–Kier alpha value is -3.34. The first-order valence-electron chi connectivity index (χ1n) is 9.63. The smallest absolute Gasteiger partial charge is 0.269 e. The molecule has 0 fully saturated rings. The van der Waals surface area contributed by atoms with Crippen molar-refractivity contribution in [3.63, 3.8) is 0 Å². The first-order chi connectivity index (χ1) is 15.5. The van der Waals surface area contributed by atoms with Gasteiger partial charge in [0.1, 0.15) is 12.4 Å². The highest BCUT2D eigenvalue weighted by molar-refractivity contribution is 14.1. The third-order valence-electron chi connectivity index (χ3n) is 4.55. The zero-order chi connectivity index (χ0) is 22.9. The maximum atomic E-state index is 10.8. The van der Waals surface area contributed by atoms with Crippen LogP contribution in [0.4, 0.5) is 5.69 Å². The maximum absolute atomic E-state index is 10.8. The number of nitro benzene ring substituents is 1. The Kier molecular flexibility index (Phi) is 8.26. The summed E-state index contributed by atoms with van der Waals surface area (Å²) in [7, 11) is 3.21. The van der Waals surface area contributed by atoms with Gasteiger partial charge in [0.25, 0.3) is 5.69 Å². The average Bonchev–Trinajstić information content (AvgIpc) is 2.81. The van der Waals surface area contributed by atoms with Crippen molar-refractivity contribution in [2.24, 2.45) is 5.10 Å². The Morgan fingerprint density at radius 1 is 1.06 bits per heavy atom. The highest BCUT2D eigenvalue weighted by Gasteiger charge is 2.12. The molecule has 0 amide bonds. The fourth-order valence-corrected chi connectivity index (χ4v) is 3.70. The molecule has 0 aromatic heterocycles. The van der Waals surface area contributed by atoms with Gasteiger partial charge in [0.05, 0.1) is 35.5 Å². The summed E-state index contributed by atoms with van der Waals surface area (Å²) >= 11 is 2.18. The molecule has 9 heteroatoms. The lowest BCUT2D eigenvalue weighted by atomic mass is 10.2. The Morgan fingerprint density at radius 2 is 1.78 bits per heavy atom. The van der Waals surface area contributed by atoms with E-state index in [1.54, 1.807) is 32.6 Å². The van der Waals surface area contributed by atoms with Crippen LogP contribution in [0.1, 0.15) is 16.7 Å². The van der Waals surface area contributed by atoms with Crippen LogP contribution >= 0.6 is 22.6 Å². The molecule has 1 N–H and O–H groups in total. The number of hydrazone groups is 1. The Bertz CT molecular complexity index is 1100. The van der Waals surface area contributed by atoms with Gasteiger partial charge in [-0.1, -0.05) is 18.2 Å². The van der Waals surface area contributed by atoms with E-state index in [9.17, 15) is 10.1 Å². The number of nitrogens with zero attached hydrogens (tertiary/aromatic N) is 2. The van der Waals surface area contributed by atoms with Crippen LogP contribution in [0.15, 0.2) is 65.8 Å². The van der Waals surface area contributed by atoms with Crippen molar-refractivity contribution in [1.29, 1.82) is 0 Å². The number of ether oxygens (including phenoxy) is 3. The molecule has 0 bridgehead atoms. The van der Waals surface area contributed by atoms with Crippen molar-refractivity contribution >= 4 is 34.5 Å². The normalized spacial score (nSPS) is 10.7. The number of methoxy groups -OCH3 is 2. The van der Waals surface area contributed by atoms with E-state index in [0.717, 1.165) is 26.0 Å². The molecular formula is C23H22IN3O5. The standard InChI is InChI=1S/C23H22IN3O5/c1-30-21-6-4-3-5-18(21)14-26-25-13-17-11-20(24)23(22(12-17)31-2)32-15-16-7-9-19(10-8-16)27(28)29/h3-13,26H,14-15H2,1-2H3/b25-13+.